The molecule has 1 saturated carbocycles. The number of allylic oxidation sites excluding steroid dienone is 3. The standard InChI is InChI=1S/C24H32O2/c1-16(13-21(25)26)7-8-18-15-24(18,6)17-9-10-19-20(14-17)23(4,5)12-11-22(19,2)3/h7-10,13-14,18H,11-12,15H2,1-6H3,(H,25,26)/b8-7+,16-13+/t18-,24+/m0/s1. The highest BCUT2D eigenvalue weighted by Crippen LogP contribution is 2.56. The molecule has 1 aromatic carbocycles. The van der Waals surface area contributed by atoms with Gasteiger partial charge in [0, 0.05) is 6.08 Å². The molecule has 0 saturated heterocycles. The number of carboxylic acids is 1. The quantitative estimate of drug-likeness (QED) is 0.541. The van der Waals surface area contributed by atoms with Gasteiger partial charge in [0.2, 0.25) is 0 Å². The lowest BCUT2D eigenvalue weighted by Gasteiger charge is -2.42. The van der Waals surface area contributed by atoms with Gasteiger partial charge in [-0.05, 0) is 70.6 Å². The lowest BCUT2D eigenvalue weighted by Crippen LogP contribution is -2.34. The predicted molar refractivity (Wildman–Crippen MR) is 108 cm³/mol. The zero-order chi connectivity index (χ0) is 19.3. The van der Waals surface area contributed by atoms with Gasteiger partial charge in [-0.1, -0.05) is 65.0 Å². The number of benzene rings is 1. The second kappa shape index (κ2) is 6.11. The van der Waals surface area contributed by atoms with Gasteiger partial charge in [-0.15, -0.1) is 0 Å². The van der Waals surface area contributed by atoms with E-state index in [4.69, 9.17) is 5.11 Å². The van der Waals surface area contributed by atoms with Crippen molar-refractivity contribution in [3.8, 4) is 0 Å². The summed E-state index contributed by atoms with van der Waals surface area (Å²) in [6.45, 7) is 13.6. The second-order valence-corrected chi connectivity index (χ2v) is 9.84. The lowest BCUT2D eigenvalue weighted by molar-refractivity contribution is -0.131. The van der Waals surface area contributed by atoms with E-state index in [9.17, 15) is 4.79 Å². The Morgan fingerprint density at radius 1 is 1.08 bits per heavy atom. The highest BCUT2D eigenvalue weighted by Gasteiger charge is 2.50. The van der Waals surface area contributed by atoms with E-state index in [1.54, 1.807) is 0 Å². The zero-order valence-electron chi connectivity index (χ0n) is 17.0. The molecule has 1 fully saturated rings. The first-order valence-electron chi connectivity index (χ1n) is 9.71. The van der Waals surface area contributed by atoms with Crippen LogP contribution in [0.5, 0.6) is 0 Å². The van der Waals surface area contributed by atoms with E-state index in [1.165, 1.54) is 35.6 Å². The van der Waals surface area contributed by atoms with Crippen molar-refractivity contribution >= 4 is 5.97 Å². The molecule has 0 bridgehead atoms. The largest absolute Gasteiger partial charge is 0.478 e. The van der Waals surface area contributed by atoms with Crippen LogP contribution in [0.15, 0.2) is 42.0 Å². The summed E-state index contributed by atoms with van der Waals surface area (Å²) in [5.74, 6) is -0.400. The van der Waals surface area contributed by atoms with Gasteiger partial charge in [0.1, 0.15) is 0 Å². The van der Waals surface area contributed by atoms with E-state index in [-0.39, 0.29) is 16.2 Å². The van der Waals surface area contributed by atoms with E-state index < -0.39 is 5.97 Å². The number of aliphatic carboxylic acids is 1. The Labute approximate surface area is 158 Å². The van der Waals surface area contributed by atoms with Gasteiger partial charge in [0.15, 0.2) is 0 Å². The van der Waals surface area contributed by atoms with E-state index in [0.717, 1.165) is 12.0 Å². The van der Waals surface area contributed by atoms with Crippen LogP contribution in [-0.2, 0) is 21.0 Å². The van der Waals surface area contributed by atoms with Gasteiger partial charge in [-0.3, -0.25) is 0 Å². The Kier molecular flexibility index (Phi) is 4.45. The van der Waals surface area contributed by atoms with Crippen LogP contribution in [0.1, 0.15) is 77.5 Å². The Balaban J connectivity index is 1.88. The summed E-state index contributed by atoms with van der Waals surface area (Å²) < 4.78 is 0. The molecule has 140 valence electrons. The van der Waals surface area contributed by atoms with Crippen molar-refractivity contribution in [2.45, 2.75) is 77.0 Å². The Morgan fingerprint density at radius 2 is 1.69 bits per heavy atom. The molecule has 1 N–H and O–H groups in total. The summed E-state index contributed by atoms with van der Waals surface area (Å²) in [6.07, 6.45) is 9.00. The van der Waals surface area contributed by atoms with Crippen LogP contribution in [0.25, 0.3) is 0 Å². The average molecular weight is 353 g/mol. The van der Waals surface area contributed by atoms with Gasteiger partial charge < -0.3 is 5.11 Å². The maximum atomic E-state index is 10.8. The minimum absolute atomic E-state index is 0.173. The van der Waals surface area contributed by atoms with Gasteiger partial charge in [0.25, 0.3) is 0 Å². The first kappa shape index (κ1) is 18.9. The fraction of sp³-hybridized carbons (Fsp3) is 0.542. The van der Waals surface area contributed by atoms with Gasteiger partial charge >= 0.3 is 5.97 Å². The number of carboxylic acid groups (broad SMARTS) is 1. The Bertz CT molecular complexity index is 794. The van der Waals surface area contributed by atoms with Crippen LogP contribution in [0.4, 0.5) is 0 Å². The predicted octanol–water partition coefficient (Wildman–Crippen LogP) is 5.90. The van der Waals surface area contributed by atoms with E-state index >= 15 is 0 Å². The summed E-state index contributed by atoms with van der Waals surface area (Å²) in [7, 11) is 0. The van der Waals surface area contributed by atoms with Crippen LogP contribution in [0, 0.1) is 5.92 Å². The molecule has 2 atom stereocenters. The van der Waals surface area contributed by atoms with Crippen LogP contribution in [-0.4, -0.2) is 11.1 Å². The molecule has 0 unspecified atom stereocenters. The maximum Gasteiger partial charge on any atom is 0.328 e. The molecule has 2 nitrogen and oxygen atoms in total. The summed E-state index contributed by atoms with van der Waals surface area (Å²) in [5, 5.41) is 8.84. The molecule has 0 heterocycles. The molecule has 0 spiro atoms. The van der Waals surface area contributed by atoms with Gasteiger partial charge in [0.05, 0.1) is 0 Å². The molecule has 0 aliphatic heterocycles. The van der Waals surface area contributed by atoms with Crippen molar-refractivity contribution in [2.75, 3.05) is 0 Å². The molecule has 2 aliphatic rings. The first-order valence-corrected chi connectivity index (χ1v) is 9.71. The monoisotopic (exact) mass is 352 g/mol. The topological polar surface area (TPSA) is 37.3 Å². The highest BCUT2D eigenvalue weighted by atomic mass is 16.4. The molecule has 2 heteroatoms. The SMILES string of the molecule is CC(/C=C/[C@H]1C[C@]1(C)c1ccc2c(c1)C(C)(C)CCC2(C)C)=C\C(=O)O. The summed E-state index contributed by atoms with van der Waals surface area (Å²) in [5.41, 5.74) is 5.91. The van der Waals surface area contributed by atoms with E-state index in [1.807, 2.05) is 13.0 Å². The highest BCUT2D eigenvalue weighted by molar-refractivity contribution is 5.81. The van der Waals surface area contributed by atoms with Crippen molar-refractivity contribution in [1.82, 2.24) is 0 Å². The summed E-state index contributed by atoms with van der Waals surface area (Å²) in [4.78, 5) is 10.8. The van der Waals surface area contributed by atoms with E-state index in [2.05, 4.69) is 58.9 Å². The minimum atomic E-state index is -0.884. The minimum Gasteiger partial charge on any atom is -0.478 e. The lowest BCUT2D eigenvalue weighted by atomic mass is 9.62. The van der Waals surface area contributed by atoms with Crippen LogP contribution < -0.4 is 0 Å². The number of rotatable bonds is 4. The number of hydrogen-bond acceptors (Lipinski definition) is 1. The van der Waals surface area contributed by atoms with E-state index in [0.29, 0.717) is 5.92 Å². The fourth-order valence-corrected chi connectivity index (χ4v) is 4.46. The van der Waals surface area contributed by atoms with Crippen molar-refractivity contribution < 1.29 is 9.90 Å². The zero-order valence-corrected chi connectivity index (χ0v) is 17.0. The summed E-state index contributed by atoms with van der Waals surface area (Å²) >= 11 is 0. The summed E-state index contributed by atoms with van der Waals surface area (Å²) in [6, 6.07) is 7.16. The third-order valence-electron chi connectivity index (χ3n) is 6.76. The number of fused-ring (bicyclic) bond motifs is 1. The Morgan fingerprint density at radius 3 is 2.31 bits per heavy atom. The second-order valence-electron chi connectivity index (χ2n) is 9.84. The van der Waals surface area contributed by atoms with Crippen molar-refractivity contribution in [1.29, 1.82) is 0 Å². The third-order valence-corrected chi connectivity index (χ3v) is 6.76. The molecule has 1 aromatic rings. The number of carbonyl (C=O) groups is 1. The van der Waals surface area contributed by atoms with Crippen LogP contribution in [0.2, 0.25) is 0 Å². The van der Waals surface area contributed by atoms with Crippen molar-refractivity contribution in [2.24, 2.45) is 5.92 Å². The first-order chi connectivity index (χ1) is 12.0. The van der Waals surface area contributed by atoms with Crippen molar-refractivity contribution in [3.05, 3.63) is 58.7 Å². The normalized spacial score (nSPS) is 29.5. The van der Waals surface area contributed by atoms with Gasteiger partial charge in [-0.25, -0.2) is 4.79 Å². The van der Waals surface area contributed by atoms with Crippen LogP contribution in [0.3, 0.4) is 0 Å². The molecule has 0 aromatic heterocycles. The maximum absolute atomic E-state index is 10.8. The molecule has 0 amide bonds. The smallest absolute Gasteiger partial charge is 0.328 e. The van der Waals surface area contributed by atoms with Crippen molar-refractivity contribution in [3.63, 3.8) is 0 Å². The molecule has 0 radical (unpaired) electrons. The molecule has 2 aliphatic carbocycles. The van der Waals surface area contributed by atoms with Crippen LogP contribution >= 0.6 is 0 Å². The fourth-order valence-electron chi connectivity index (χ4n) is 4.46. The molecular formula is C24H32O2. The third kappa shape index (κ3) is 3.39. The number of hydrogen-bond donors (Lipinski definition) is 1. The van der Waals surface area contributed by atoms with Gasteiger partial charge in [-0.2, -0.15) is 0 Å². The Hall–Kier alpha value is -1.83. The average Bonchev–Trinajstić information content (AvgIpc) is 3.21. The molecule has 26 heavy (non-hydrogen) atoms. The molecule has 3 rings (SSSR count). The molecular weight excluding hydrogens is 320 g/mol.